The molecule has 0 aromatic heterocycles. The molecule has 0 aliphatic rings. The van der Waals surface area contributed by atoms with E-state index in [1.54, 1.807) is 31.2 Å². The van der Waals surface area contributed by atoms with E-state index < -0.39 is 18.0 Å². The first-order chi connectivity index (χ1) is 9.99. The molecule has 0 aliphatic carbocycles. The summed E-state index contributed by atoms with van der Waals surface area (Å²) in [4.78, 5) is 26.7. The molecule has 0 amide bonds. The lowest BCUT2D eigenvalue weighted by molar-refractivity contribution is -0.140. The van der Waals surface area contributed by atoms with Gasteiger partial charge in [0.05, 0.1) is 18.9 Å². The van der Waals surface area contributed by atoms with Crippen LogP contribution in [-0.2, 0) is 14.3 Å². The summed E-state index contributed by atoms with van der Waals surface area (Å²) in [6.45, 7) is 4.02. The Balaban J connectivity index is 3.14. The highest BCUT2D eigenvalue weighted by atomic mass is 16.5. The number of carboxylic acids is 1. The molecule has 1 atom stereocenters. The van der Waals surface area contributed by atoms with Crippen LogP contribution in [0, 0.1) is 0 Å². The van der Waals surface area contributed by atoms with Gasteiger partial charge in [-0.05, 0) is 26.0 Å². The first kappa shape index (κ1) is 16.6. The number of esters is 1. The lowest BCUT2D eigenvalue weighted by atomic mass is 10.2. The van der Waals surface area contributed by atoms with E-state index in [0.717, 1.165) is 0 Å². The van der Waals surface area contributed by atoms with E-state index in [1.165, 1.54) is 0 Å². The average molecular weight is 294 g/mol. The number of hydrogen-bond donors (Lipinski definition) is 2. The zero-order valence-corrected chi connectivity index (χ0v) is 11.9. The number of aliphatic imine (C=N–C) groups is 1. The molecule has 0 radical (unpaired) electrons. The molecule has 1 aromatic rings. The van der Waals surface area contributed by atoms with E-state index in [0.29, 0.717) is 18.0 Å². The third-order valence-corrected chi connectivity index (χ3v) is 2.42. The standard InChI is InChI=1S/C14H18N2O5/c1-3-20-10-7-5-6-9(8-10)16-12(11(15)13(17)18)14(19)21-4-2/h5-8,11H,3-4,15H2,1-2H3,(H,17,18). The van der Waals surface area contributed by atoms with Crippen molar-refractivity contribution in [1.29, 1.82) is 0 Å². The molecule has 0 saturated carbocycles. The molecule has 1 rings (SSSR count). The minimum Gasteiger partial charge on any atom is -0.494 e. The molecule has 21 heavy (non-hydrogen) atoms. The minimum atomic E-state index is -1.56. The van der Waals surface area contributed by atoms with Gasteiger partial charge in [0.25, 0.3) is 0 Å². The smallest absolute Gasteiger partial charge is 0.354 e. The maximum atomic E-state index is 11.8. The largest absolute Gasteiger partial charge is 0.494 e. The fourth-order valence-electron chi connectivity index (χ4n) is 1.51. The molecule has 3 N–H and O–H groups in total. The Kier molecular flexibility index (Phi) is 6.35. The lowest BCUT2D eigenvalue weighted by Crippen LogP contribution is -2.43. The Morgan fingerprint density at radius 1 is 1.33 bits per heavy atom. The molecule has 7 nitrogen and oxygen atoms in total. The van der Waals surface area contributed by atoms with Crippen LogP contribution in [0.4, 0.5) is 5.69 Å². The van der Waals surface area contributed by atoms with Gasteiger partial charge >= 0.3 is 11.9 Å². The van der Waals surface area contributed by atoms with Gasteiger partial charge in [0.2, 0.25) is 0 Å². The van der Waals surface area contributed by atoms with Crippen molar-refractivity contribution in [2.24, 2.45) is 10.7 Å². The van der Waals surface area contributed by atoms with Crippen molar-refractivity contribution in [3.8, 4) is 5.75 Å². The van der Waals surface area contributed by atoms with Crippen molar-refractivity contribution in [3.63, 3.8) is 0 Å². The Morgan fingerprint density at radius 3 is 2.62 bits per heavy atom. The van der Waals surface area contributed by atoms with Crippen LogP contribution in [-0.4, -0.2) is 42.0 Å². The van der Waals surface area contributed by atoms with Gasteiger partial charge in [0, 0.05) is 6.07 Å². The Morgan fingerprint density at radius 2 is 2.05 bits per heavy atom. The summed E-state index contributed by atoms with van der Waals surface area (Å²) in [5.74, 6) is -1.65. The predicted octanol–water partition coefficient (Wildman–Crippen LogP) is 1.13. The first-order valence-electron chi connectivity index (χ1n) is 6.46. The molecule has 1 aromatic carbocycles. The zero-order valence-electron chi connectivity index (χ0n) is 11.9. The minimum absolute atomic E-state index is 0.100. The van der Waals surface area contributed by atoms with Crippen molar-refractivity contribution in [2.75, 3.05) is 13.2 Å². The third kappa shape index (κ3) is 4.88. The quantitative estimate of drug-likeness (QED) is 0.576. The molecule has 0 spiro atoms. The van der Waals surface area contributed by atoms with Crippen molar-refractivity contribution in [2.45, 2.75) is 19.9 Å². The summed E-state index contributed by atoms with van der Waals surface area (Å²) in [5, 5.41) is 8.95. The maximum absolute atomic E-state index is 11.8. The van der Waals surface area contributed by atoms with E-state index in [2.05, 4.69) is 4.99 Å². The molecule has 0 aliphatic heterocycles. The molecular formula is C14H18N2O5. The number of rotatable bonds is 7. The van der Waals surface area contributed by atoms with Gasteiger partial charge in [-0.3, -0.25) is 4.79 Å². The number of carbonyl (C=O) groups is 2. The number of carboxylic acid groups (broad SMARTS) is 1. The second kappa shape index (κ2) is 8.01. The molecular weight excluding hydrogens is 276 g/mol. The molecule has 114 valence electrons. The van der Waals surface area contributed by atoms with E-state index in [-0.39, 0.29) is 12.3 Å². The number of aliphatic carboxylic acids is 1. The molecule has 0 heterocycles. The molecule has 0 fully saturated rings. The van der Waals surface area contributed by atoms with Crippen LogP contribution in [0.15, 0.2) is 29.3 Å². The van der Waals surface area contributed by atoms with E-state index >= 15 is 0 Å². The Labute approximate surface area is 122 Å². The molecule has 0 bridgehead atoms. The van der Waals surface area contributed by atoms with E-state index in [1.807, 2.05) is 6.92 Å². The van der Waals surface area contributed by atoms with Gasteiger partial charge in [-0.25, -0.2) is 9.79 Å². The van der Waals surface area contributed by atoms with Crippen LogP contribution < -0.4 is 10.5 Å². The summed E-state index contributed by atoms with van der Waals surface area (Å²) in [6.07, 6.45) is 0. The van der Waals surface area contributed by atoms with Gasteiger partial charge < -0.3 is 20.3 Å². The van der Waals surface area contributed by atoms with Crippen LogP contribution in [0.5, 0.6) is 5.75 Å². The topological polar surface area (TPSA) is 111 Å². The van der Waals surface area contributed by atoms with Crippen molar-refractivity contribution >= 4 is 23.3 Å². The molecule has 1 unspecified atom stereocenters. The SMILES string of the molecule is CCOC(=O)C(=Nc1cccc(OCC)c1)C(N)C(=O)O. The zero-order chi connectivity index (χ0) is 15.8. The number of benzene rings is 1. The normalized spacial score (nSPS) is 12.6. The van der Waals surface area contributed by atoms with Gasteiger partial charge in [-0.15, -0.1) is 0 Å². The van der Waals surface area contributed by atoms with Gasteiger partial charge in [0.15, 0.2) is 11.8 Å². The first-order valence-corrected chi connectivity index (χ1v) is 6.46. The third-order valence-electron chi connectivity index (χ3n) is 2.42. The number of carbonyl (C=O) groups excluding carboxylic acids is 1. The van der Waals surface area contributed by atoms with Crippen molar-refractivity contribution in [1.82, 2.24) is 0 Å². The van der Waals surface area contributed by atoms with Gasteiger partial charge in [0.1, 0.15) is 5.75 Å². The van der Waals surface area contributed by atoms with Crippen LogP contribution in [0.1, 0.15) is 13.8 Å². The fraction of sp³-hybridized carbons (Fsp3) is 0.357. The van der Waals surface area contributed by atoms with E-state index in [4.69, 9.17) is 20.3 Å². The summed E-state index contributed by atoms with van der Waals surface area (Å²) in [7, 11) is 0. The van der Waals surface area contributed by atoms with Crippen LogP contribution in [0.2, 0.25) is 0 Å². The second-order valence-electron chi connectivity index (χ2n) is 3.96. The molecule has 7 heteroatoms. The Hall–Kier alpha value is -2.41. The summed E-state index contributed by atoms with van der Waals surface area (Å²) < 4.78 is 10.1. The fourth-order valence-corrected chi connectivity index (χ4v) is 1.51. The summed E-state index contributed by atoms with van der Waals surface area (Å²) in [6, 6.07) is 5.04. The predicted molar refractivity (Wildman–Crippen MR) is 77.0 cm³/mol. The Bertz CT molecular complexity index is 542. The highest BCUT2D eigenvalue weighted by Gasteiger charge is 2.26. The highest BCUT2D eigenvalue weighted by molar-refractivity contribution is 6.42. The van der Waals surface area contributed by atoms with Crippen LogP contribution >= 0.6 is 0 Å². The maximum Gasteiger partial charge on any atom is 0.354 e. The van der Waals surface area contributed by atoms with Crippen molar-refractivity contribution in [3.05, 3.63) is 24.3 Å². The van der Waals surface area contributed by atoms with Crippen LogP contribution in [0.25, 0.3) is 0 Å². The van der Waals surface area contributed by atoms with Gasteiger partial charge in [-0.2, -0.15) is 0 Å². The summed E-state index contributed by atoms with van der Waals surface area (Å²) in [5.41, 5.74) is 5.47. The number of hydrogen-bond acceptors (Lipinski definition) is 6. The van der Waals surface area contributed by atoms with E-state index in [9.17, 15) is 9.59 Å². The molecule has 0 saturated heterocycles. The number of nitrogens with zero attached hydrogens (tertiary/aromatic N) is 1. The highest BCUT2D eigenvalue weighted by Crippen LogP contribution is 2.20. The lowest BCUT2D eigenvalue weighted by Gasteiger charge is -2.10. The number of nitrogens with two attached hydrogens (primary N) is 1. The van der Waals surface area contributed by atoms with Crippen LogP contribution in [0.3, 0.4) is 0 Å². The second-order valence-corrected chi connectivity index (χ2v) is 3.96. The summed E-state index contributed by atoms with van der Waals surface area (Å²) >= 11 is 0. The van der Waals surface area contributed by atoms with Gasteiger partial charge in [-0.1, -0.05) is 6.07 Å². The number of ether oxygens (including phenoxy) is 2. The van der Waals surface area contributed by atoms with Crippen molar-refractivity contribution < 1.29 is 24.2 Å². The monoisotopic (exact) mass is 294 g/mol. The average Bonchev–Trinajstić information content (AvgIpc) is 2.45.